The van der Waals surface area contributed by atoms with E-state index in [1.165, 1.54) is 36.0 Å². The van der Waals surface area contributed by atoms with Crippen molar-refractivity contribution in [1.82, 2.24) is 9.80 Å². The van der Waals surface area contributed by atoms with Crippen LogP contribution in [0.3, 0.4) is 0 Å². The van der Waals surface area contributed by atoms with Crippen LogP contribution in [0.2, 0.25) is 0 Å². The van der Waals surface area contributed by atoms with Crippen LogP contribution >= 0.6 is 0 Å². The third-order valence-corrected chi connectivity index (χ3v) is 7.98. The van der Waals surface area contributed by atoms with Crippen molar-refractivity contribution in [2.45, 2.75) is 76.2 Å². The third-order valence-electron chi connectivity index (χ3n) is 7.98. The summed E-state index contributed by atoms with van der Waals surface area (Å²) in [5.41, 5.74) is 3.60. The van der Waals surface area contributed by atoms with Gasteiger partial charge in [0.15, 0.2) is 0 Å². The number of allylic oxidation sites excluding steroid dienone is 2. The minimum Gasteiger partial charge on any atom is -0.391 e. The number of hydrogen-bond donors (Lipinski definition) is 1. The number of nitrogens with zero attached hydrogens (tertiary/aromatic N) is 2. The summed E-state index contributed by atoms with van der Waals surface area (Å²) in [6.45, 7) is 2.72. The SMILES string of the molecule is CN(C)C(=O)CCC=CCC[C@@H]1[C@@H](N2CCCCC2)[C@@H](O)C[C@@H]1OCc1ccc(-c2ccccc2)cc1. The first kappa shape index (κ1) is 27.6. The van der Waals surface area contributed by atoms with Crippen LogP contribution in [0.4, 0.5) is 0 Å². The lowest BCUT2D eigenvalue weighted by atomic mass is 9.92. The average molecular weight is 505 g/mol. The van der Waals surface area contributed by atoms with E-state index in [9.17, 15) is 9.90 Å². The Bertz CT molecular complexity index is 983. The predicted octanol–water partition coefficient (Wildman–Crippen LogP) is 5.68. The van der Waals surface area contributed by atoms with Gasteiger partial charge < -0.3 is 14.7 Å². The van der Waals surface area contributed by atoms with Crippen molar-refractivity contribution >= 4 is 5.91 Å². The Morgan fingerprint density at radius 3 is 2.35 bits per heavy atom. The first-order valence-electron chi connectivity index (χ1n) is 14.1. The standard InChI is InChI=1S/C32H44N2O3/c1-33(2)31(36)16-10-4-3-9-15-28-30(23-29(35)32(28)34-21-11-6-12-22-34)37-24-25-17-19-27(20-18-25)26-13-7-5-8-14-26/h3-5,7-8,13-14,17-20,28-30,32,35H,6,9-12,15-16,21-24H2,1-2H3/t28-,29-,30-,32+/m0/s1. The van der Waals surface area contributed by atoms with Gasteiger partial charge in [0.05, 0.1) is 18.8 Å². The molecule has 5 heteroatoms. The Balaban J connectivity index is 1.35. The Kier molecular flexibility index (Phi) is 10.4. The summed E-state index contributed by atoms with van der Waals surface area (Å²) in [7, 11) is 3.60. The second-order valence-corrected chi connectivity index (χ2v) is 10.8. The highest BCUT2D eigenvalue weighted by molar-refractivity contribution is 5.75. The highest BCUT2D eigenvalue weighted by atomic mass is 16.5. The Labute approximate surface area is 223 Å². The Hall–Kier alpha value is -2.47. The molecule has 1 amide bonds. The smallest absolute Gasteiger partial charge is 0.222 e. The van der Waals surface area contributed by atoms with E-state index in [4.69, 9.17) is 4.74 Å². The van der Waals surface area contributed by atoms with E-state index in [1.54, 1.807) is 19.0 Å². The summed E-state index contributed by atoms with van der Waals surface area (Å²) in [4.78, 5) is 16.0. The lowest BCUT2D eigenvalue weighted by molar-refractivity contribution is -0.128. The molecule has 4 rings (SSSR count). The van der Waals surface area contributed by atoms with E-state index >= 15 is 0 Å². The molecule has 0 radical (unpaired) electrons. The molecule has 2 aliphatic rings. The molecule has 0 aromatic heterocycles. The van der Waals surface area contributed by atoms with Crippen molar-refractivity contribution < 1.29 is 14.6 Å². The van der Waals surface area contributed by atoms with Crippen LogP contribution in [-0.4, -0.2) is 66.2 Å². The molecule has 1 saturated heterocycles. The van der Waals surface area contributed by atoms with Crippen LogP contribution in [0.5, 0.6) is 0 Å². The van der Waals surface area contributed by atoms with E-state index in [0.717, 1.165) is 32.4 Å². The summed E-state index contributed by atoms with van der Waals surface area (Å²) >= 11 is 0. The van der Waals surface area contributed by atoms with Gasteiger partial charge in [-0.1, -0.05) is 73.2 Å². The minimum absolute atomic E-state index is 0.0550. The number of hydrogen-bond acceptors (Lipinski definition) is 4. The summed E-state index contributed by atoms with van der Waals surface area (Å²) < 4.78 is 6.51. The fourth-order valence-electron chi connectivity index (χ4n) is 5.92. The Morgan fingerprint density at radius 2 is 1.65 bits per heavy atom. The van der Waals surface area contributed by atoms with Crippen LogP contribution in [0.25, 0.3) is 11.1 Å². The molecular formula is C32H44N2O3. The summed E-state index contributed by atoms with van der Waals surface area (Å²) in [6, 6.07) is 19.2. The number of piperidine rings is 1. The maximum atomic E-state index is 11.8. The van der Waals surface area contributed by atoms with Gasteiger partial charge in [-0.2, -0.15) is 0 Å². The van der Waals surface area contributed by atoms with Crippen molar-refractivity contribution in [2.24, 2.45) is 5.92 Å². The lowest BCUT2D eigenvalue weighted by Gasteiger charge is -2.38. The van der Waals surface area contributed by atoms with Gasteiger partial charge >= 0.3 is 0 Å². The van der Waals surface area contributed by atoms with Crippen LogP contribution in [0.15, 0.2) is 66.7 Å². The van der Waals surface area contributed by atoms with Gasteiger partial charge in [-0.25, -0.2) is 0 Å². The first-order valence-corrected chi connectivity index (χ1v) is 14.1. The monoisotopic (exact) mass is 504 g/mol. The van der Waals surface area contributed by atoms with Gasteiger partial charge in [0, 0.05) is 38.9 Å². The molecule has 1 aliphatic carbocycles. The molecule has 1 heterocycles. The molecule has 2 aromatic carbocycles. The molecule has 0 bridgehead atoms. The molecular weight excluding hydrogens is 460 g/mol. The number of aliphatic hydroxyl groups is 1. The van der Waals surface area contributed by atoms with Crippen LogP contribution < -0.4 is 0 Å². The van der Waals surface area contributed by atoms with Gasteiger partial charge in [0.2, 0.25) is 5.91 Å². The molecule has 200 valence electrons. The van der Waals surface area contributed by atoms with Gasteiger partial charge in [0.25, 0.3) is 0 Å². The molecule has 1 N–H and O–H groups in total. The molecule has 37 heavy (non-hydrogen) atoms. The van der Waals surface area contributed by atoms with Crippen molar-refractivity contribution in [2.75, 3.05) is 27.2 Å². The summed E-state index contributed by atoms with van der Waals surface area (Å²) in [5, 5.41) is 11.1. The van der Waals surface area contributed by atoms with Crippen LogP contribution in [0.1, 0.15) is 56.9 Å². The highest BCUT2D eigenvalue weighted by Crippen LogP contribution is 2.38. The molecule has 2 aromatic rings. The molecule has 0 unspecified atom stereocenters. The highest BCUT2D eigenvalue weighted by Gasteiger charge is 2.45. The third kappa shape index (κ3) is 7.76. The number of likely N-dealkylation sites (tertiary alicyclic amines) is 1. The second kappa shape index (κ2) is 13.9. The predicted molar refractivity (Wildman–Crippen MR) is 150 cm³/mol. The molecule has 1 saturated carbocycles. The number of amides is 1. The van der Waals surface area contributed by atoms with Crippen LogP contribution in [-0.2, 0) is 16.1 Å². The van der Waals surface area contributed by atoms with Crippen molar-refractivity contribution in [3.05, 3.63) is 72.3 Å². The molecule has 2 fully saturated rings. The second-order valence-electron chi connectivity index (χ2n) is 10.8. The van der Waals surface area contributed by atoms with Gasteiger partial charge in [0.1, 0.15) is 0 Å². The number of ether oxygens (including phenoxy) is 1. The zero-order valence-corrected chi connectivity index (χ0v) is 22.6. The zero-order chi connectivity index (χ0) is 26.0. The van der Waals surface area contributed by atoms with E-state index in [2.05, 4.69) is 65.6 Å². The number of aliphatic hydroxyl groups excluding tert-OH is 1. The fraction of sp³-hybridized carbons (Fsp3) is 0.531. The maximum absolute atomic E-state index is 11.8. The largest absolute Gasteiger partial charge is 0.391 e. The topological polar surface area (TPSA) is 53.0 Å². The lowest BCUT2D eigenvalue weighted by Crippen LogP contribution is -2.47. The quantitative estimate of drug-likeness (QED) is 0.400. The minimum atomic E-state index is -0.338. The summed E-state index contributed by atoms with van der Waals surface area (Å²) in [5.74, 6) is 0.476. The molecule has 5 nitrogen and oxygen atoms in total. The number of rotatable bonds is 11. The van der Waals surface area contributed by atoms with Crippen molar-refractivity contribution in [3.63, 3.8) is 0 Å². The maximum Gasteiger partial charge on any atom is 0.222 e. The van der Waals surface area contributed by atoms with Gasteiger partial charge in [-0.15, -0.1) is 0 Å². The van der Waals surface area contributed by atoms with Crippen molar-refractivity contribution in [3.8, 4) is 11.1 Å². The molecule has 4 atom stereocenters. The fourth-order valence-corrected chi connectivity index (χ4v) is 5.92. The summed E-state index contributed by atoms with van der Waals surface area (Å²) in [6.07, 6.45) is 11.8. The number of carbonyl (C=O) groups is 1. The van der Waals surface area contributed by atoms with E-state index in [0.29, 0.717) is 25.4 Å². The number of benzene rings is 2. The average Bonchev–Trinajstić information content (AvgIpc) is 3.25. The van der Waals surface area contributed by atoms with Gasteiger partial charge in [-0.3, -0.25) is 9.69 Å². The number of carbonyl (C=O) groups excluding carboxylic acids is 1. The van der Waals surface area contributed by atoms with E-state index in [1.807, 2.05) is 6.07 Å². The van der Waals surface area contributed by atoms with Crippen molar-refractivity contribution in [1.29, 1.82) is 0 Å². The zero-order valence-electron chi connectivity index (χ0n) is 22.6. The van der Waals surface area contributed by atoms with E-state index < -0.39 is 0 Å². The van der Waals surface area contributed by atoms with E-state index in [-0.39, 0.29) is 24.2 Å². The molecule has 1 aliphatic heterocycles. The van der Waals surface area contributed by atoms with Gasteiger partial charge in [-0.05, 0) is 61.9 Å². The first-order chi connectivity index (χ1) is 18.0. The normalized spacial score (nSPS) is 24.5. The molecule has 0 spiro atoms. The Morgan fingerprint density at radius 1 is 0.973 bits per heavy atom. The van der Waals surface area contributed by atoms with Crippen LogP contribution in [0, 0.1) is 5.92 Å².